The van der Waals surface area contributed by atoms with Crippen molar-refractivity contribution in [1.29, 1.82) is 0 Å². The molecule has 0 bridgehead atoms. The molecule has 5 nitrogen and oxygen atoms in total. The Kier molecular flexibility index (Phi) is 4.83. The Morgan fingerprint density at radius 3 is 2.63 bits per heavy atom. The van der Waals surface area contributed by atoms with E-state index in [-0.39, 0.29) is 12.6 Å². The van der Waals surface area contributed by atoms with E-state index in [9.17, 15) is 5.11 Å². The summed E-state index contributed by atoms with van der Waals surface area (Å²) in [4.78, 5) is 8.29. The molecule has 2 N–H and O–H groups in total. The number of aliphatic hydroxyl groups excluding tert-OH is 1. The molecular formula is C14H17N3O2. The van der Waals surface area contributed by atoms with Crippen LogP contribution in [0.5, 0.6) is 11.8 Å². The molecule has 2 aromatic rings. The number of aliphatic hydroxyl groups is 1. The van der Waals surface area contributed by atoms with Gasteiger partial charge in [0.05, 0.1) is 6.61 Å². The van der Waals surface area contributed by atoms with E-state index in [0.29, 0.717) is 11.3 Å². The molecule has 1 aromatic carbocycles. The lowest BCUT2D eigenvalue weighted by Gasteiger charge is -2.08. The zero-order valence-corrected chi connectivity index (χ0v) is 10.8. The predicted octanol–water partition coefficient (Wildman–Crippen LogP) is 1.87. The van der Waals surface area contributed by atoms with Crippen LogP contribution >= 0.6 is 0 Å². The highest BCUT2D eigenvalue weighted by atomic mass is 16.5. The van der Waals surface area contributed by atoms with Crippen LogP contribution in [0.3, 0.4) is 0 Å². The standard InChI is InChI=1S/C14H17N3O2/c1-2-15-7-11-8-16-14(17-9-11)19-13-6-4-3-5-12(13)10-18/h3-6,8-9,15,18H,2,7,10H2,1H3. The first kappa shape index (κ1) is 13.5. The molecule has 0 aliphatic heterocycles. The number of para-hydroxylation sites is 1. The summed E-state index contributed by atoms with van der Waals surface area (Å²) < 4.78 is 5.56. The molecule has 0 saturated heterocycles. The Morgan fingerprint density at radius 2 is 1.95 bits per heavy atom. The third kappa shape index (κ3) is 3.74. The Balaban J connectivity index is 2.06. The largest absolute Gasteiger partial charge is 0.424 e. The van der Waals surface area contributed by atoms with E-state index in [2.05, 4.69) is 15.3 Å². The Bertz CT molecular complexity index is 514. The number of ether oxygens (including phenoxy) is 1. The number of nitrogens with zero attached hydrogens (tertiary/aromatic N) is 2. The molecule has 0 atom stereocenters. The maximum absolute atomic E-state index is 9.21. The summed E-state index contributed by atoms with van der Waals surface area (Å²) in [6.07, 6.45) is 3.46. The lowest BCUT2D eigenvalue weighted by molar-refractivity contribution is 0.275. The third-order valence-corrected chi connectivity index (χ3v) is 2.60. The van der Waals surface area contributed by atoms with Crippen molar-refractivity contribution in [2.45, 2.75) is 20.1 Å². The summed E-state index contributed by atoms with van der Waals surface area (Å²) in [5, 5.41) is 12.4. The van der Waals surface area contributed by atoms with E-state index in [1.807, 2.05) is 19.1 Å². The number of aromatic nitrogens is 2. The van der Waals surface area contributed by atoms with Gasteiger partial charge >= 0.3 is 6.01 Å². The fourth-order valence-electron chi connectivity index (χ4n) is 1.59. The zero-order chi connectivity index (χ0) is 13.5. The molecular weight excluding hydrogens is 242 g/mol. The van der Waals surface area contributed by atoms with Crippen LogP contribution < -0.4 is 10.1 Å². The summed E-state index contributed by atoms with van der Waals surface area (Å²) in [7, 11) is 0. The van der Waals surface area contributed by atoms with Crippen molar-refractivity contribution < 1.29 is 9.84 Å². The van der Waals surface area contributed by atoms with Crippen LogP contribution in [0.2, 0.25) is 0 Å². The molecule has 5 heteroatoms. The van der Waals surface area contributed by atoms with Crippen molar-refractivity contribution in [3.63, 3.8) is 0 Å². The van der Waals surface area contributed by atoms with Crippen LogP contribution in [-0.2, 0) is 13.2 Å². The molecule has 0 amide bonds. The van der Waals surface area contributed by atoms with Gasteiger partial charge in [0.25, 0.3) is 0 Å². The summed E-state index contributed by atoms with van der Waals surface area (Å²) in [5.41, 5.74) is 1.72. The average Bonchev–Trinajstić information content (AvgIpc) is 2.47. The van der Waals surface area contributed by atoms with Crippen molar-refractivity contribution in [1.82, 2.24) is 15.3 Å². The Morgan fingerprint density at radius 1 is 1.21 bits per heavy atom. The minimum atomic E-state index is -0.0747. The van der Waals surface area contributed by atoms with Gasteiger partial charge in [-0.15, -0.1) is 0 Å². The van der Waals surface area contributed by atoms with Gasteiger partial charge in [0.1, 0.15) is 5.75 Å². The molecule has 100 valence electrons. The normalized spacial score (nSPS) is 10.4. The summed E-state index contributed by atoms with van der Waals surface area (Å²) in [6, 6.07) is 7.55. The molecule has 0 saturated carbocycles. The van der Waals surface area contributed by atoms with Crippen LogP contribution in [0.25, 0.3) is 0 Å². The van der Waals surface area contributed by atoms with Crippen molar-refractivity contribution in [3.05, 3.63) is 47.8 Å². The highest BCUT2D eigenvalue weighted by Crippen LogP contribution is 2.22. The molecule has 1 heterocycles. The Labute approximate surface area is 112 Å². The molecule has 0 aliphatic carbocycles. The fourth-order valence-corrected chi connectivity index (χ4v) is 1.59. The number of hydrogen-bond donors (Lipinski definition) is 2. The van der Waals surface area contributed by atoms with Gasteiger partial charge in [-0.05, 0) is 12.6 Å². The van der Waals surface area contributed by atoms with Crippen LogP contribution in [0.15, 0.2) is 36.7 Å². The zero-order valence-electron chi connectivity index (χ0n) is 10.8. The molecule has 0 aliphatic rings. The summed E-state index contributed by atoms with van der Waals surface area (Å²) in [5.74, 6) is 0.574. The quantitative estimate of drug-likeness (QED) is 0.829. The van der Waals surface area contributed by atoms with Crippen LogP contribution in [0.4, 0.5) is 0 Å². The number of rotatable bonds is 6. The second-order valence-electron chi connectivity index (χ2n) is 4.02. The molecule has 0 unspecified atom stereocenters. The predicted molar refractivity (Wildman–Crippen MR) is 71.9 cm³/mol. The third-order valence-electron chi connectivity index (χ3n) is 2.60. The smallest absolute Gasteiger partial charge is 0.321 e. The second-order valence-corrected chi connectivity index (χ2v) is 4.02. The highest BCUT2D eigenvalue weighted by molar-refractivity contribution is 5.34. The molecule has 19 heavy (non-hydrogen) atoms. The topological polar surface area (TPSA) is 67.3 Å². The van der Waals surface area contributed by atoms with E-state index < -0.39 is 0 Å². The van der Waals surface area contributed by atoms with E-state index in [1.54, 1.807) is 24.5 Å². The van der Waals surface area contributed by atoms with Gasteiger partial charge in [-0.2, -0.15) is 0 Å². The average molecular weight is 259 g/mol. The van der Waals surface area contributed by atoms with Crippen molar-refractivity contribution in [2.24, 2.45) is 0 Å². The van der Waals surface area contributed by atoms with Gasteiger partial charge in [0, 0.05) is 30.1 Å². The van der Waals surface area contributed by atoms with Crippen molar-refractivity contribution in [2.75, 3.05) is 6.54 Å². The molecule has 0 fully saturated rings. The number of nitrogens with one attached hydrogen (secondary N) is 1. The van der Waals surface area contributed by atoms with E-state index in [0.717, 1.165) is 18.7 Å². The number of hydrogen-bond acceptors (Lipinski definition) is 5. The molecule has 0 spiro atoms. The maximum Gasteiger partial charge on any atom is 0.321 e. The monoisotopic (exact) mass is 259 g/mol. The summed E-state index contributed by atoms with van der Waals surface area (Å²) in [6.45, 7) is 3.62. The Hall–Kier alpha value is -1.98. The van der Waals surface area contributed by atoms with Gasteiger partial charge in [-0.3, -0.25) is 0 Å². The summed E-state index contributed by atoms with van der Waals surface area (Å²) >= 11 is 0. The highest BCUT2D eigenvalue weighted by Gasteiger charge is 2.05. The molecule has 2 rings (SSSR count). The van der Waals surface area contributed by atoms with E-state index in [1.165, 1.54) is 0 Å². The van der Waals surface area contributed by atoms with Crippen LogP contribution in [0, 0.1) is 0 Å². The first-order valence-electron chi connectivity index (χ1n) is 6.21. The van der Waals surface area contributed by atoms with E-state index >= 15 is 0 Å². The SMILES string of the molecule is CCNCc1cnc(Oc2ccccc2CO)nc1. The fraction of sp³-hybridized carbons (Fsp3) is 0.286. The van der Waals surface area contributed by atoms with Crippen LogP contribution in [-0.4, -0.2) is 21.6 Å². The van der Waals surface area contributed by atoms with Gasteiger partial charge < -0.3 is 15.2 Å². The second kappa shape index (κ2) is 6.82. The van der Waals surface area contributed by atoms with Gasteiger partial charge in [-0.25, -0.2) is 9.97 Å². The van der Waals surface area contributed by atoms with Crippen molar-refractivity contribution >= 4 is 0 Å². The van der Waals surface area contributed by atoms with Gasteiger partial charge in [0.15, 0.2) is 0 Å². The lowest BCUT2D eigenvalue weighted by atomic mass is 10.2. The van der Waals surface area contributed by atoms with E-state index in [4.69, 9.17) is 4.74 Å². The first-order chi connectivity index (χ1) is 9.33. The first-order valence-corrected chi connectivity index (χ1v) is 6.21. The number of benzene rings is 1. The van der Waals surface area contributed by atoms with Crippen molar-refractivity contribution in [3.8, 4) is 11.8 Å². The molecule has 0 radical (unpaired) electrons. The lowest BCUT2D eigenvalue weighted by Crippen LogP contribution is -2.12. The molecule has 1 aromatic heterocycles. The minimum Gasteiger partial charge on any atom is -0.424 e. The van der Waals surface area contributed by atoms with Crippen LogP contribution in [0.1, 0.15) is 18.1 Å². The van der Waals surface area contributed by atoms with Gasteiger partial charge in [0.2, 0.25) is 0 Å². The van der Waals surface area contributed by atoms with Gasteiger partial charge in [-0.1, -0.05) is 25.1 Å². The maximum atomic E-state index is 9.21. The minimum absolute atomic E-state index is 0.0747.